The summed E-state index contributed by atoms with van der Waals surface area (Å²) >= 11 is 0. The number of non-ortho nitro benzene ring substituents is 1. The van der Waals surface area contributed by atoms with Crippen LogP contribution in [0.1, 0.15) is 16.8 Å². The standard InChI is InChI=1S/C11H12FN3O3.ClH/c12-8-3-7(4-10(5-8)15(17)18)11(16)14-2-1-9(13)6-14;/h3-5,9H,1-2,6,13H2;1H/t9-;/m1./s1. The first-order valence-electron chi connectivity index (χ1n) is 5.47. The minimum Gasteiger partial charge on any atom is -0.337 e. The van der Waals surface area contributed by atoms with E-state index in [0.29, 0.717) is 19.5 Å². The van der Waals surface area contributed by atoms with Gasteiger partial charge in [0, 0.05) is 30.8 Å². The lowest BCUT2D eigenvalue weighted by Gasteiger charge is -2.15. The highest BCUT2D eigenvalue weighted by atomic mass is 35.5. The molecule has 0 radical (unpaired) electrons. The van der Waals surface area contributed by atoms with Crippen molar-refractivity contribution in [2.24, 2.45) is 5.73 Å². The predicted octanol–water partition coefficient (Wildman–Crippen LogP) is 1.33. The van der Waals surface area contributed by atoms with Gasteiger partial charge in [-0.05, 0) is 12.5 Å². The normalized spacial score (nSPS) is 18.0. The van der Waals surface area contributed by atoms with Crippen molar-refractivity contribution in [2.75, 3.05) is 13.1 Å². The molecule has 1 atom stereocenters. The summed E-state index contributed by atoms with van der Waals surface area (Å²) in [7, 11) is 0. The van der Waals surface area contributed by atoms with Gasteiger partial charge in [0.1, 0.15) is 5.82 Å². The Balaban J connectivity index is 0.00000180. The van der Waals surface area contributed by atoms with Crippen LogP contribution in [-0.4, -0.2) is 34.9 Å². The fraction of sp³-hybridized carbons (Fsp3) is 0.364. The Labute approximate surface area is 114 Å². The van der Waals surface area contributed by atoms with Crippen LogP contribution in [0.5, 0.6) is 0 Å². The van der Waals surface area contributed by atoms with E-state index < -0.39 is 22.3 Å². The largest absolute Gasteiger partial charge is 0.337 e. The third kappa shape index (κ3) is 3.39. The number of rotatable bonds is 2. The van der Waals surface area contributed by atoms with Crippen molar-refractivity contribution >= 4 is 24.0 Å². The van der Waals surface area contributed by atoms with E-state index in [1.165, 1.54) is 4.90 Å². The Morgan fingerprint density at radius 3 is 2.68 bits per heavy atom. The third-order valence-corrected chi connectivity index (χ3v) is 2.85. The van der Waals surface area contributed by atoms with Crippen molar-refractivity contribution in [3.05, 3.63) is 39.7 Å². The minimum absolute atomic E-state index is 0. The Morgan fingerprint density at radius 1 is 1.47 bits per heavy atom. The Kier molecular flexibility index (Phi) is 4.79. The van der Waals surface area contributed by atoms with Gasteiger partial charge in [-0.3, -0.25) is 14.9 Å². The van der Waals surface area contributed by atoms with Crippen LogP contribution >= 0.6 is 12.4 Å². The monoisotopic (exact) mass is 289 g/mol. The van der Waals surface area contributed by atoms with E-state index in [2.05, 4.69) is 0 Å². The quantitative estimate of drug-likeness (QED) is 0.657. The van der Waals surface area contributed by atoms with E-state index in [4.69, 9.17) is 5.73 Å². The molecule has 0 aromatic heterocycles. The van der Waals surface area contributed by atoms with Gasteiger partial charge in [0.15, 0.2) is 0 Å². The number of carbonyl (C=O) groups excluding carboxylic acids is 1. The first kappa shape index (κ1) is 15.3. The third-order valence-electron chi connectivity index (χ3n) is 2.85. The van der Waals surface area contributed by atoms with Gasteiger partial charge in [-0.15, -0.1) is 12.4 Å². The van der Waals surface area contributed by atoms with Gasteiger partial charge < -0.3 is 10.6 Å². The average molecular weight is 290 g/mol. The first-order valence-corrected chi connectivity index (χ1v) is 5.47. The number of hydrogen-bond acceptors (Lipinski definition) is 4. The predicted molar refractivity (Wildman–Crippen MR) is 68.8 cm³/mol. The second kappa shape index (κ2) is 5.94. The number of halogens is 2. The van der Waals surface area contributed by atoms with Crippen molar-refractivity contribution in [1.82, 2.24) is 4.90 Å². The molecule has 0 saturated carbocycles. The number of amides is 1. The second-order valence-corrected chi connectivity index (χ2v) is 4.26. The summed E-state index contributed by atoms with van der Waals surface area (Å²) in [5, 5.41) is 10.6. The number of carbonyl (C=O) groups is 1. The van der Waals surface area contributed by atoms with Gasteiger partial charge in [-0.1, -0.05) is 0 Å². The molecule has 1 aromatic rings. The average Bonchev–Trinajstić information content (AvgIpc) is 2.74. The van der Waals surface area contributed by atoms with Gasteiger partial charge in [0.25, 0.3) is 11.6 Å². The number of nitrogens with two attached hydrogens (primary N) is 1. The van der Waals surface area contributed by atoms with E-state index in [1.54, 1.807) is 0 Å². The maximum Gasteiger partial charge on any atom is 0.273 e. The zero-order chi connectivity index (χ0) is 13.3. The molecular formula is C11H13ClFN3O3. The van der Waals surface area contributed by atoms with Gasteiger partial charge in [-0.2, -0.15) is 0 Å². The van der Waals surface area contributed by atoms with E-state index in [0.717, 1.165) is 18.2 Å². The molecule has 0 aliphatic carbocycles. The smallest absolute Gasteiger partial charge is 0.273 e. The topological polar surface area (TPSA) is 89.5 Å². The summed E-state index contributed by atoms with van der Waals surface area (Å²) in [4.78, 5) is 23.3. The van der Waals surface area contributed by atoms with Crippen molar-refractivity contribution in [1.29, 1.82) is 0 Å². The SMILES string of the molecule is Cl.N[C@@H]1CCN(C(=O)c2cc(F)cc([N+](=O)[O-])c2)C1. The molecule has 1 aliphatic rings. The van der Waals surface area contributed by atoms with E-state index >= 15 is 0 Å². The van der Waals surface area contributed by atoms with E-state index in [9.17, 15) is 19.3 Å². The van der Waals surface area contributed by atoms with Crippen LogP contribution < -0.4 is 5.73 Å². The summed E-state index contributed by atoms with van der Waals surface area (Å²) in [6, 6.07) is 2.78. The molecule has 0 spiro atoms. The van der Waals surface area contributed by atoms with Gasteiger partial charge >= 0.3 is 0 Å². The van der Waals surface area contributed by atoms with Crippen LogP contribution in [-0.2, 0) is 0 Å². The zero-order valence-electron chi connectivity index (χ0n) is 9.91. The van der Waals surface area contributed by atoms with Gasteiger partial charge in [0.05, 0.1) is 11.0 Å². The molecule has 1 fully saturated rings. The summed E-state index contributed by atoms with van der Waals surface area (Å²) in [6.07, 6.45) is 0.684. The number of nitro groups is 1. The second-order valence-electron chi connectivity index (χ2n) is 4.26. The fourth-order valence-corrected chi connectivity index (χ4v) is 1.96. The summed E-state index contributed by atoms with van der Waals surface area (Å²) in [6.45, 7) is 0.882. The Morgan fingerprint density at radius 2 is 2.16 bits per heavy atom. The molecule has 0 unspecified atom stereocenters. The molecule has 1 amide bonds. The highest BCUT2D eigenvalue weighted by Gasteiger charge is 2.26. The molecule has 6 nitrogen and oxygen atoms in total. The molecule has 8 heteroatoms. The van der Waals surface area contributed by atoms with Crippen LogP contribution in [0.2, 0.25) is 0 Å². The van der Waals surface area contributed by atoms with E-state index in [1.807, 2.05) is 0 Å². The molecule has 1 aliphatic heterocycles. The number of nitrogens with zero attached hydrogens (tertiary/aromatic N) is 2. The molecule has 2 rings (SSSR count). The minimum atomic E-state index is -0.795. The van der Waals surface area contributed by atoms with Crippen molar-refractivity contribution < 1.29 is 14.1 Å². The summed E-state index contributed by atoms with van der Waals surface area (Å²) in [5.74, 6) is -1.22. The Bertz CT molecular complexity index is 512. The van der Waals surface area contributed by atoms with Gasteiger partial charge in [0.2, 0.25) is 0 Å². The fourth-order valence-electron chi connectivity index (χ4n) is 1.96. The van der Waals surface area contributed by atoms with Crippen LogP contribution in [0.3, 0.4) is 0 Å². The number of nitro benzene ring substituents is 1. The highest BCUT2D eigenvalue weighted by Crippen LogP contribution is 2.19. The number of hydrogen-bond donors (Lipinski definition) is 1. The zero-order valence-corrected chi connectivity index (χ0v) is 10.7. The van der Waals surface area contributed by atoms with E-state index in [-0.39, 0.29) is 24.0 Å². The summed E-state index contributed by atoms with van der Waals surface area (Å²) in [5.41, 5.74) is 5.23. The maximum atomic E-state index is 13.2. The molecule has 1 saturated heterocycles. The first-order chi connectivity index (χ1) is 8.47. The number of likely N-dealkylation sites (tertiary alicyclic amines) is 1. The lowest BCUT2D eigenvalue weighted by atomic mass is 10.1. The molecule has 1 aromatic carbocycles. The van der Waals surface area contributed by atoms with Crippen molar-refractivity contribution in [3.63, 3.8) is 0 Å². The van der Waals surface area contributed by atoms with Gasteiger partial charge in [-0.25, -0.2) is 4.39 Å². The molecule has 1 heterocycles. The van der Waals surface area contributed by atoms with Crippen molar-refractivity contribution in [2.45, 2.75) is 12.5 Å². The molecule has 0 bridgehead atoms. The van der Waals surface area contributed by atoms with Crippen LogP contribution in [0.25, 0.3) is 0 Å². The number of benzene rings is 1. The van der Waals surface area contributed by atoms with Crippen molar-refractivity contribution in [3.8, 4) is 0 Å². The molecule has 104 valence electrons. The molecule has 19 heavy (non-hydrogen) atoms. The Hall–Kier alpha value is -1.73. The molecular weight excluding hydrogens is 277 g/mol. The van der Waals surface area contributed by atoms with Crippen LogP contribution in [0.15, 0.2) is 18.2 Å². The molecule has 2 N–H and O–H groups in total. The highest BCUT2D eigenvalue weighted by molar-refractivity contribution is 5.95. The summed E-state index contributed by atoms with van der Waals surface area (Å²) < 4.78 is 13.2. The van der Waals surface area contributed by atoms with Crippen LogP contribution in [0, 0.1) is 15.9 Å². The van der Waals surface area contributed by atoms with Crippen LogP contribution in [0.4, 0.5) is 10.1 Å². The lowest BCUT2D eigenvalue weighted by molar-refractivity contribution is -0.385. The maximum absolute atomic E-state index is 13.2. The lowest BCUT2D eigenvalue weighted by Crippen LogP contribution is -2.31.